The number of benzene rings is 1. The number of aryl methyl sites for hydroxylation is 1. The third-order valence-electron chi connectivity index (χ3n) is 3.39. The van der Waals surface area contributed by atoms with Crippen LogP contribution in [0.4, 0.5) is 10.1 Å². The minimum atomic E-state index is -0.522. The zero-order chi connectivity index (χ0) is 15.7. The molecule has 1 unspecified atom stereocenters. The van der Waals surface area contributed by atoms with Crippen molar-refractivity contribution >= 4 is 17.3 Å². The average Bonchev–Trinajstić information content (AvgIpc) is 2.64. The molecule has 0 fully saturated rings. The van der Waals surface area contributed by atoms with E-state index in [-0.39, 0.29) is 23.2 Å². The summed E-state index contributed by atoms with van der Waals surface area (Å²) < 4.78 is 15.0. The molecule has 0 aliphatic rings. The molecular weight excluding hydrogens is 297 g/mol. The molecule has 1 heterocycles. The van der Waals surface area contributed by atoms with Gasteiger partial charge in [-0.05, 0) is 32.9 Å². The first kappa shape index (κ1) is 15.4. The number of nitro groups is 1. The highest BCUT2D eigenvalue weighted by molar-refractivity contribution is 6.20. The first-order chi connectivity index (χ1) is 9.81. The monoisotopic (exact) mass is 311 g/mol. The highest BCUT2D eigenvalue weighted by Gasteiger charge is 2.19. The number of aromatic nitrogens is 2. The van der Waals surface area contributed by atoms with E-state index >= 15 is 0 Å². The van der Waals surface area contributed by atoms with Crippen molar-refractivity contribution in [3.8, 4) is 0 Å². The largest absolute Gasteiger partial charge is 0.274 e. The fourth-order valence-corrected chi connectivity index (χ4v) is 2.78. The quantitative estimate of drug-likeness (QED) is 0.489. The normalized spacial score (nSPS) is 12.4. The molecule has 0 saturated heterocycles. The van der Waals surface area contributed by atoms with E-state index in [1.165, 1.54) is 12.1 Å². The van der Waals surface area contributed by atoms with Gasteiger partial charge in [-0.15, -0.1) is 11.6 Å². The molecule has 5 nitrogen and oxygen atoms in total. The lowest BCUT2D eigenvalue weighted by molar-refractivity contribution is -0.385. The zero-order valence-electron chi connectivity index (χ0n) is 11.9. The second-order valence-corrected chi connectivity index (χ2v) is 5.54. The maximum atomic E-state index is 13.4. The molecule has 0 bridgehead atoms. The van der Waals surface area contributed by atoms with Crippen LogP contribution < -0.4 is 0 Å². The van der Waals surface area contributed by atoms with E-state index in [1.807, 2.05) is 20.8 Å². The van der Waals surface area contributed by atoms with Crippen LogP contribution in [-0.4, -0.2) is 14.7 Å². The van der Waals surface area contributed by atoms with Crippen molar-refractivity contribution in [3.63, 3.8) is 0 Å². The van der Waals surface area contributed by atoms with E-state index < -0.39 is 10.7 Å². The lowest BCUT2D eigenvalue weighted by Crippen LogP contribution is -2.07. The van der Waals surface area contributed by atoms with Crippen molar-refractivity contribution in [1.82, 2.24) is 9.78 Å². The Kier molecular flexibility index (Phi) is 4.27. The van der Waals surface area contributed by atoms with Gasteiger partial charge in [0.1, 0.15) is 5.82 Å². The zero-order valence-corrected chi connectivity index (χ0v) is 12.7. The van der Waals surface area contributed by atoms with Crippen molar-refractivity contribution in [2.45, 2.75) is 32.7 Å². The molecular formula is C14H15ClFN3O2. The first-order valence-corrected chi connectivity index (χ1v) is 6.85. The van der Waals surface area contributed by atoms with Gasteiger partial charge in [-0.1, -0.05) is 0 Å². The molecule has 2 rings (SSSR count). The molecule has 0 saturated carbocycles. The molecule has 0 aliphatic carbocycles. The van der Waals surface area contributed by atoms with Gasteiger partial charge in [-0.3, -0.25) is 14.8 Å². The fraction of sp³-hybridized carbons (Fsp3) is 0.357. The molecule has 7 heteroatoms. The number of halogens is 2. The number of nitro benzene ring substituents is 1. The summed E-state index contributed by atoms with van der Waals surface area (Å²) in [6.07, 6.45) is 0. The Morgan fingerprint density at radius 1 is 1.48 bits per heavy atom. The Balaban J connectivity index is 2.46. The molecule has 1 aromatic heterocycles. The lowest BCUT2D eigenvalue weighted by atomic mass is 10.1. The van der Waals surface area contributed by atoms with E-state index in [1.54, 1.807) is 4.68 Å². The van der Waals surface area contributed by atoms with Crippen LogP contribution in [0.2, 0.25) is 0 Å². The second-order valence-electron chi connectivity index (χ2n) is 4.89. The van der Waals surface area contributed by atoms with Gasteiger partial charge in [0.05, 0.1) is 28.1 Å². The van der Waals surface area contributed by atoms with Gasteiger partial charge >= 0.3 is 0 Å². The van der Waals surface area contributed by atoms with Crippen molar-refractivity contribution in [3.05, 3.63) is 56.6 Å². The first-order valence-electron chi connectivity index (χ1n) is 6.42. The lowest BCUT2D eigenvalue weighted by Gasteiger charge is -2.07. The predicted molar refractivity (Wildman–Crippen MR) is 78.1 cm³/mol. The van der Waals surface area contributed by atoms with Crippen molar-refractivity contribution in [2.24, 2.45) is 0 Å². The molecule has 0 N–H and O–H groups in total. The van der Waals surface area contributed by atoms with Crippen LogP contribution in [0.1, 0.15) is 34.8 Å². The van der Waals surface area contributed by atoms with Crippen LogP contribution in [0.3, 0.4) is 0 Å². The fourth-order valence-electron chi connectivity index (χ4n) is 2.46. The minimum Gasteiger partial charge on any atom is -0.265 e. The Morgan fingerprint density at radius 3 is 2.67 bits per heavy atom. The molecule has 0 spiro atoms. The summed E-state index contributed by atoms with van der Waals surface area (Å²) in [6.45, 7) is 5.65. The molecule has 1 atom stereocenters. The average molecular weight is 312 g/mol. The number of alkyl halides is 1. The molecule has 2 aromatic rings. The Morgan fingerprint density at radius 2 is 2.14 bits per heavy atom. The Bertz CT molecular complexity index is 698. The minimum absolute atomic E-state index is 0.121. The van der Waals surface area contributed by atoms with E-state index in [4.69, 9.17) is 11.6 Å². The number of hydrogen-bond acceptors (Lipinski definition) is 3. The van der Waals surface area contributed by atoms with E-state index in [0.29, 0.717) is 0 Å². The summed E-state index contributed by atoms with van der Waals surface area (Å²) >= 11 is 6.12. The van der Waals surface area contributed by atoms with Gasteiger partial charge in [-0.2, -0.15) is 5.10 Å². The molecule has 0 amide bonds. The third kappa shape index (κ3) is 3.05. The van der Waals surface area contributed by atoms with Gasteiger partial charge < -0.3 is 0 Å². The van der Waals surface area contributed by atoms with Crippen molar-refractivity contribution < 1.29 is 9.31 Å². The summed E-state index contributed by atoms with van der Waals surface area (Å²) in [6, 6.07) is 3.41. The standard InChI is InChI=1S/C14H15ClFN3O2/c1-8(15)14-9(2)17-18(10(14)3)7-11-6-12(16)4-5-13(11)19(20)21/h4-6,8H,7H2,1-3H3. The highest BCUT2D eigenvalue weighted by Crippen LogP contribution is 2.28. The van der Waals surface area contributed by atoms with Gasteiger partial charge in [0.15, 0.2) is 0 Å². The summed E-state index contributed by atoms with van der Waals surface area (Å²) in [5, 5.41) is 15.2. The number of rotatable bonds is 4. The highest BCUT2D eigenvalue weighted by atomic mass is 35.5. The molecule has 112 valence electrons. The number of hydrogen-bond donors (Lipinski definition) is 0. The summed E-state index contributed by atoms with van der Waals surface area (Å²) in [7, 11) is 0. The van der Waals surface area contributed by atoms with Crippen LogP contribution in [0.15, 0.2) is 18.2 Å². The van der Waals surface area contributed by atoms with E-state index in [0.717, 1.165) is 23.0 Å². The van der Waals surface area contributed by atoms with Gasteiger partial charge in [0, 0.05) is 17.3 Å². The predicted octanol–water partition coefficient (Wildman–Crippen LogP) is 3.90. The van der Waals surface area contributed by atoms with Gasteiger partial charge in [0.2, 0.25) is 0 Å². The third-order valence-corrected chi connectivity index (χ3v) is 3.61. The Labute approximate surface area is 126 Å². The van der Waals surface area contributed by atoms with Crippen LogP contribution in [-0.2, 0) is 6.54 Å². The molecule has 21 heavy (non-hydrogen) atoms. The van der Waals surface area contributed by atoms with E-state index in [2.05, 4.69) is 5.10 Å². The van der Waals surface area contributed by atoms with Crippen LogP contribution in [0.5, 0.6) is 0 Å². The second kappa shape index (κ2) is 5.81. The topological polar surface area (TPSA) is 61.0 Å². The molecule has 0 aliphatic heterocycles. The summed E-state index contributed by atoms with van der Waals surface area (Å²) in [4.78, 5) is 10.5. The SMILES string of the molecule is Cc1nn(Cc2cc(F)ccc2[N+](=O)[O-])c(C)c1C(C)Cl. The summed E-state index contributed by atoms with van der Waals surface area (Å²) in [5.41, 5.74) is 2.65. The molecule has 0 radical (unpaired) electrons. The van der Waals surface area contributed by atoms with Crippen LogP contribution in [0.25, 0.3) is 0 Å². The van der Waals surface area contributed by atoms with Crippen LogP contribution in [0, 0.1) is 29.8 Å². The van der Waals surface area contributed by atoms with Crippen molar-refractivity contribution in [1.29, 1.82) is 0 Å². The maximum Gasteiger partial charge on any atom is 0.274 e. The van der Waals surface area contributed by atoms with E-state index in [9.17, 15) is 14.5 Å². The van der Waals surface area contributed by atoms with Gasteiger partial charge in [0.25, 0.3) is 5.69 Å². The van der Waals surface area contributed by atoms with Gasteiger partial charge in [-0.25, -0.2) is 4.39 Å². The summed E-state index contributed by atoms with van der Waals surface area (Å²) in [5.74, 6) is -0.511. The van der Waals surface area contributed by atoms with Crippen molar-refractivity contribution in [2.75, 3.05) is 0 Å². The Hall–Kier alpha value is -1.95. The smallest absolute Gasteiger partial charge is 0.265 e. The number of nitrogens with zero attached hydrogens (tertiary/aromatic N) is 3. The maximum absolute atomic E-state index is 13.4. The van der Waals surface area contributed by atoms with Crippen LogP contribution >= 0.6 is 11.6 Å². The molecule has 1 aromatic carbocycles.